The summed E-state index contributed by atoms with van der Waals surface area (Å²) in [6.45, 7) is 28.4. The molecule has 44 heteroatoms. The van der Waals surface area contributed by atoms with E-state index >= 15 is 0 Å². The van der Waals surface area contributed by atoms with Gasteiger partial charge in [-0.05, 0) is 148 Å². The molecule has 0 amide bonds. The summed E-state index contributed by atoms with van der Waals surface area (Å²) in [5.41, 5.74) is -1.02. The predicted octanol–water partition coefficient (Wildman–Crippen LogP) is 7.44. The Morgan fingerprint density at radius 2 is 0.966 bits per heavy atom. The Kier molecular flexibility index (Phi) is 19.3. The molecule has 0 radical (unpaired) electrons. The number of alkyl halides is 6. The van der Waals surface area contributed by atoms with Gasteiger partial charge in [-0.25, -0.2) is 0 Å². The number of nitrogens with zero attached hydrogens (tertiary/aromatic N) is 2. The normalized spacial score (nSPS) is 56.1. The number of rotatable bonds is 1. The molecule has 0 N–H and O–H groups in total. The molecule has 24 fully saturated rings. The maximum Gasteiger partial charge on any atom is 0.410 e. The van der Waals surface area contributed by atoms with E-state index in [0.717, 1.165) is 25.7 Å². The van der Waals surface area contributed by atoms with E-state index in [9.17, 15) is 98.5 Å². The van der Waals surface area contributed by atoms with E-state index in [2.05, 4.69) is 45.4 Å². The highest BCUT2D eigenvalue weighted by molar-refractivity contribution is 7.90. The number of hydrogen-bond acceptors (Lipinski definition) is 30. The van der Waals surface area contributed by atoms with E-state index in [1.807, 2.05) is 54.5 Å². The monoisotopic (exact) mass is 1840 g/mol. The minimum absolute atomic E-state index is 0.0464. The minimum atomic E-state index is -4.72. The maximum absolute atomic E-state index is 13.1. The van der Waals surface area contributed by atoms with Crippen LogP contribution < -0.4 is 0 Å². The molecule has 0 spiro atoms. The zero-order valence-corrected chi connectivity index (χ0v) is 73.9. The second kappa shape index (κ2) is 26.0. The van der Waals surface area contributed by atoms with Crippen LogP contribution in [0.4, 0.5) is 26.3 Å². The number of hydrogen-bond donors (Lipinski definition) is 0. The number of carbonyl (C=O) groups is 1. The second-order valence-corrected chi connectivity index (χ2v) is 54.5. The number of methoxy groups -OCH3 is 1. The van der Waals surface area contributed by atoms with Gasteiger partial charge in [0.05, 0.1) is 84.7 Å². The van der Waals surface area contributed by atoms with Crippen molar-refractivity contribution in [2.75, 3.05) is 7.11 Å². The lowest BCUT2D eigenvalue weighted by atomic mass is 9.57. The van der Waals surface area contributed by atoms with Crippen molar-refractivity contribution in [2.45, 2.75) is 293 Å². The standard InChI is InChI=1S/C13H22O3S.C10H14O5S.2C9H11F3O3S.2C9H11NO3S.C8H12O4S.C7H10O4S/c1-8-11(4)7-9-12(8,5)13(6,10(11,2)3)16-17(9,14)15;1-5-6-3-7-8(5)15-16(12,13)10(7,4-6)9(11)14-2;1-4-5-2-6-7(4)15-16(13,14)8(6,3-5)9(10,11)12;1-3-4-2-5-7(3)15-16(13,14)8(5)6(4)9(10,11)12;1-5-6-2-7-8(5)13-14(11,12)9(7,3-6)4-10;1-4-5-2-6-8(4)13-14(11,12)9(6)7(5)3-10;1-8(2)5-3-4-6(11-5)7(8)12-13(4,9)10;1-3-4-2-5-7(10-4)6(3)11-12(5,8)9/h8-9H,7H2,1-6H3;5-8H,3-4H2,1-2H3;4-7H,2-3H2,1H3;3-8H,2H2,1H3;5-8H,2-3H2,1H3;4-9H,2H2,1H3;4-7H,3H2,1-2H3;3-7H,2H2,1H3. The first-order valence-corrected chi connectivity index (χ1v) is 52.3. The van der Waals surface area contributed by atoms with E-state index in [1.165, 1.54) is 7.11 Å². The van der Waals surface area contributed by atoms with Crippen LogP contribution in [-0.2, 0) is 133 Å². The summed E-state index contributed by atoms with van der Waals surface area (Å²) in [7, 11) is -28.2. The minimum Gasteiger partial charge on any atom is -0.468 e. The van der Waals surface area contributed by atoms with E-state index in [1.54, 1.807) is 13.8 Å². The SMILES string of the molecule is CC1(C)C2CC3C(O2)C1OS3(=O)=O.CC1C2(C)CC3C1(C)C(C)(OS3(=O)=O)C2(C)C.CC1C2CC3C(O2)C1OS3(=O)=O.CC1C2CC3C1OS(=O)(=O)C3(C#N)C2.CC1C2CC3C1OS(=O)(=O)C3(C(F)(F)F)C2.CC1C2CC3C1OS(=O)(=O)C3C2C#N.CC1C2CC3C1OS(=O)(=O)C3C2C(F)(F)F.COC(=O)C12CC3CC1C(OS2(=O)=O)C3C. The van der Waals surface area contributed by atoms with Crippen molar-refractivity contribution in [1.82, 2.24) is 0 Å². The van der Waals surface area contributed by atoms with Crippen LogP contribution in [0.2, 0.25) is 0 Å². The first kappa shape index (κ1) is 87.3. The van der Waals surface area contributed by atoms with Crippen LogP contribution in [0.15, 0.2) is 0 Å². The highest BCUT2D eigenvalue weighted by Crippen LogP contribution is 2.82. The molecule has 12 aliphatic heterocycles. The fourth-order valence-corrected chi connectivity index (χ4v) is 45.1. The number of esters is 1. The van der Waals surface area contributed by atoms with Crippen molar-refractivity contribution in [3.63, 3.8) is 0 Å². The van der Waals surface area contributed by atoms with Crippen LogP contribution in [0.3, 0.4) is 0 Å². The van der Waals surface area contributed by atoms with Gasteiger partial charge in [0.15, 0.2) is 14.2 Å². The Balaban J connectivity index is 0.0000000968. The average Bonchev–Trinajstić information content (AvgIpc) is 1.45. The number of ether oxygens (including phenoxy) is 3. The van der Waals surface area contributed by atoms with Crippen molar-refractivity contribution in [3.8, 4) is 12.1 Å². The topological polar surface area (TPSA) is 439 Å². The van der Waals surface area contributed by atoms with Gasteiger partial charge in [0.2, 0.25) is 0 Å². The Labute approximate surface area is 685 Å². The Hall–Kier alpha value is -2.77. The summed E-state index contributed by atoms with van der Waals surface area (Å²) in [6, 6.07) is 4.15. The van der Waals surface area contributed by atoms with E-state index in [-0.39, 0.29) is 165 Å². The number of fused-ring (bicyclic) bond motifs is 8. The molecule has 666 valence electrons. The van der Waals surface area contributed by atoms with Gasteiger partial charge in [0, 0.05) is 51.8 Å². The van der Waals surface area contributed by atoms with E-state index in [4.69, 9.17) is 53.5 Å². The maximum atomic E-state index is 13.1. The summed E-state index contributed by atoms with van der Waals surface area (Å²) in [5, 5.41) is 15.1. The van der Waals surface area contributed by atoms with Crippen molar-refractivity contribution < 1.29 is 146 Å². The Morgan fingerprint density at radius 1 is 0.466 bits per heavy atom. The van der Waals surface area contributed by atoms with Crippen molar-refractivity contribution in [2.24, 2.45) is 134 Å². The van der Waals surface area contributed by atoms with Gasteiger partial charge in [-0.3, -0.25) is 38.3 Å². The van der Waals surface area contributed by atoms with Crippen molar-refractivity contribution in [1.29, 1.82) is 10.5 Å². The fourth-order valence-electron chi connectivity index (χ4n) is 28.8. The molecule has 118 heavy (non-hydrogen) atoms. The third-order valence-electron chi connectivity index (χ3n) is 36.1. The van der Waals surface area contributed by atoms with Crippen LogP contribution in [0.5, 0.6) is 0 Å². The van der Waals surface area contributed by atoms with Gasteiger partial charge in [0.25, 0.3) is 80.9 Å². The molecule has 12 saturated heterocycles. The Morgan fingerprint density at radius 3 is 1.47 bits per heavy atom. The van der Waals surface area contributed by atoms with E-state index < -0.39 is 171 Å². The molecule has 16 bridgehead atoms. The number of carbonyl (C=O) groups excluding carboxylic acids is 1. The smallest absolute Gasteiger partial charge is 0.410 e. The molecule has 0 aromatic rings. The van der Waals surface area contributed by atoms with Crippen LogP contribution in [0.1, 0.15) is 168 Å². The van der Waals surface area contributed by atoms with Gasteiger partial charge in [-0.2, -0.15) is 104 Å². The fraction of sp³-hybridized carbons (Fsp3) is 0.959. The highest BCUT2D eigenvalue weighted by Gasteiger charge is 2.87. The zero-order valence-electron chi connectivity index (χ0n) is 67.3. The highest BCUT2D eigenvalue weighted by atomic mass is 32.3. The molecule has 41 unspecified atom stereocenters. The summed E-state index contributed by atoms with van der Waals surface area (Å²) in [5.74, 6) is -3.18. The van der Waals surface area contributed by atoms with E-state index in [0.29, 0.717) is 56.3 Å². The molecular formula is C74H102F6N2O28S8. The molecule has 24 rings (SSSR count). The van der Waals surface area contributed by atoms with Gasteiger partial charge in [0.1, 0.15) is 45.4 Å². The molecule has 0 aromatic heterocycles. The quantitative estimate of drug-likeness (QED) is 0.140. The summed E-state index contributed by atoms with van der Waals surface area (Å²) in [4.78, 5) is 11.8. The Bertz CT molecular complexity index is 5340. The van der Waals surface area contributed by atoms with Crippen LogP contribution in [0.25, 0.3) is 0 Å². The third-order valence-corrected chi connectivity index (χ3v) is 51.0. The largest absolute Gasteiger partial charge is 0.468 e. The lowest BCUT2D eigenvalue weighted by Gasteiger charge is -2.49. The molecule has 24 aliphatic rings. The second-order valence-electron chi connectivity index (χ2n) is 40.3. The summed E-state index contributed by atoms with van der Waals surface area (Å²) in [6.07, 6.45) is -6.13. The first-order chi connectivity index (χ1) is 53.9. The van der Waals surface area contributed by atoms with Crippen LogP contribution >= 0.6 is 0 Å². The molecular weight excluding hydrogens is 1740 g/mol. The van der Waals surface area contributed by atoms with Crippen molar-refractivity contribution >= 4 is 86.9 Å². The number of halogens is 6. The molecule has 41 atom stereocenters. The molecule has 0 aromatic carbocycles. The summed E-state index contributed by atoms with van der Waals surface area (Å²) < 4.78 is 316. The van der Waals surface area contributed by atoms with Gasteiger partial charge in [-0.15, -0.1) is 0 Å². The lowest BCUT2D eigenvalue weighted by molar-refractivity contribution is -0.190. The predicted molar refractivity (Wildman–Crippen MR) is 395 cm³/mol. The first-order valence-electron chi connectivity index (χ1n) is 40.7. The number of nitriles is 2. The van der Waals surface area contributed by atoms with Gasteiger partial charge >= 0.3 is 18.3 Å². The summed E-state index contributed by atoms with van der Waals surface area (Å²) >= 11 is 0. The van der Waals surface area contributed by atoms with Crippen LogP contribution in [-0.4, -0.2) is 206 Å². The van der Waals surface area contributed by atoms with Crippen molar-refractivity contribution in [3.05, 3.63) is 0 Å². The molecule has 30 nitrogen and oxygen atoms in total. The lowest BCUT2D eigenvalue weighted by Crippen LogP contribution is -2.54. The van der Waals surface area contributed by atoms with Crippen LogP contribution in [0, 0.1) is 157 Å². The zero-order chi connectivity index (χ0) is 86.8. The molecule has 12 heterocycles. The third kappa shape index (κ3) is 10.9. The van der Waals surface area contributed by atoms with Gasteiger partial charge < -0.3 is 14.2 Å². The molecule has 12 aliphatic carbocycles. The molecule has 12 saturated carbocycles. The van der Waals surface area contributed by atoms with Gasteiger partial charge in [-0.1, -0.05) is 90.0 Å². The average molecular weight is 1840 g/mol.